The van der Waals surface area contributed by atoms with Gasteiger partial charge in [-0.05, 0) is 43.7 Å². The van der Waals surface area contributed by atoms with Gasteiger partial charge in [0.05, 0.1) is 19.2 Å². The van der Waals surface area contributed by atoms with Gasteiger partial charge in [0, 0.05) is 18.3 Å². The van der Waals surface area contributed by atoms with Gasteiger partial charge in [-0.1, -0.05) is 6.92 Å². The highest BCUT2D eigenvalue weighted by molar-refractivity contribution is 5.57. The van der Waals surface area contributed by atoms with E-state index in [9.17, 15) is 4.39 Å². The van der Waals surface area contributed by atoms with Crippen LogP contribution in [-0.4, -0.2) is 32.3 Å². The number of aryl methyl sites for hydroxylation is 1. The van der Waals surface area contributed by atoms with Gasteiger partial charge in [-0.15, -0.1) is 0 Å². The minimum Gasteiger partial charge on any atom is -0.365 e. The summed E-state index contributed by atoms with van der Waals surface area (Å²) in [4.78, 5) is 2.12. The Bertz CT molecular complexity index is 541. The maximum absolute atomic E-state index is 13.9. The summed E-state index contributed by atoms with van der Waals surface area (Å²) in [5.74, 6) is -0.191. The molecule has 0 aromatic heterocycles. The molecule has 21 heavy (non-hydrogen) atoms. The van der Waals surface area contributed by atoms with E-state index in [0.29, 0.717) is 18.7 Å². The number of morpholine rings is 1. The smallest absolute Gasteiger partial charge is 0.161 e. The predicted octanol–water partition coefficient (Wildman–Crippen LogP) is 2.53. The fourth-order valence-electron chi connectivity index (χ4n) is 2.66. The van der Waals surface area contributed by atoms with Crippen LogP contribution < -0.4 is 10.2 Å². The van der Waals surface area contributed by atoms with E-state index in [4.69, 9.17) is 10.00 Å². The Morgan fingerprint density at radius 3 is 3.00 bits per heavy atom. The Hall–Kier alpha value is -1.64. The molecule has 2 unspecified atom stereocenters. The zero-order chi connectivity index (χ0) is 15.4. The number of nitrogens with one attached hydrogen (secondary N) is 1. The number of nitrogens with zero attached hydrogens (tertiary/aromatic N) is 2. The van der Waals surface area contributed by atoms with Gasteiger partial charge in [-0.2, -0.15) is 5.26 Å². The Balaban J connectivity index is 2.36. The highest BCUT2D eigenvalue weighted by Crippen LogP contribution is 2.30. The number of nitriles is 1. The van der Waals surface area contributed by atoms with Crippen molar-refractivity contribution in [3.05, 3.63) is 29.1 Å². The summed E-state index contributed by atoms with van der Waals surface area (Å²) in [6, 6.07) is 5.69. The van der Waals surface area contributed by atoms with Gasteiger partial charge in [0.15, 0.2) is 6.10 Å². The van der Waals surface area contributed by atoms with Crippen LogP contribution in [0.4, 0.5) is 10.1 Å². The van der Waals surface area contributed by atoms with Crippen molar-refractivity contribution in [3.8, 4) is 6.07 Å². The van der Waals surface area contributed by atoms with Crippen molar-refractivity contribution < 1.29 is 9.13 Å². The fourth-order valence-corrected chi connectivity index (χ4v) is 2.66. The second-order valence-electron chi connectivity index (χ2n) is 5.37. The third-order valence-electron chi connectivity index (χ3n) is 3.84. The van der Waals surface area contributed by atoms with Gasteiger partial charge in [-0.3, -0.25) is 0 Å². The lowest BCUT2D eigenvalue weighted by atomic mass is 10.0. The van der Waals surface area contributed by atoms with Gasteiger partial charge < -0.3 is 15.0 Å². The molecule has 0 bridgehead atoms. The summed E-state index contributed by atoms with van der Waals surface area (Å²) in [5, 5.41) is 12.4. The SMILES string of the molecule is CCNC(C)c1cc(F)c(C)cc1N1CCOC(C#N)C1. The molecule has 1 aromatic rings. The van der Waals surface area contributed by atoms with Crippen molar-refractivity contribution >= 4 is 5.69 Å². The molecule has 114 valence electrons. The second-order valence-corrected chi connectivity index (χ2v) is 5.37. The third kappa shape index (κ3) is 3.52. The van der Waals surface area contributed by atoms with Crippen LogP contribution in [0.15, 0.2) is 12.1 Å². The molecule has 1 saturated heterocycles. The minimum absolute atomic E-state index is 0.0588. The molecule has 1 aromatic carbocycles. The van der Waals surface area contributed by atoms with Crippen LogP contribution in [0.25, 0.3) is 0 Å². The first-order valence-corrected chi connectivity index (χ1v) is 7.36. The largest absolute Gasteiger partial charge is 0.365 e. The molecule has 5 heteroatoms. The second kappa shape index (κ2) is 6.88. The average Bonchev–Trinajstić information content (AvgIpc) is 2.49. The lowest BCUT2D eigenvalue weighted by Gasteiger charge is -2.34. The van der Waals surface area contributed by atoms with Crippen molar-refractivity contribution in [1.82, 2.24) is 5.32 Å². The molecule has 0 spiro atoms. The Kier molecular flexibility index (Phi) is 5.16. The zero-order valence-corrected chi connectivity index (χ0v) is 12.8. The quantitative estimate of drug-likeness (QED) is 0.926. The molecular weight excluding hydrogens is 269 g/mol. The van der Waals surface area contributed by atoms with Crippen LogP contribution in [0.3, 0.4) is 0 Å². The normalized spacial score (nSPS) is 20.1. The van der Waals surface area contributed by atoms with E-state index in [0.717, 1.165) is 24.3 Å². The van der Waals surface area contributed by atoms with Crippen molar-refractivity contribution in [2.24, 2.45) is 0 Å². The van der Waals surface area contributed by atoms with E-state index in [1.54, 1.807) is 13.0 Å². The Morgan fingerprint density at radius 2 is 2.33 bits per heavy atom. The van der Waals surface area contributed by atoms with E-state index >= 15 is 0 Å². The highest BCUT2D eigenvalue weighted by Gasteiger charge is 2.24. The van der Waals surface area contributed by atoms with Crippen molar-refractivity contribution in [2.45, 2.75) is 32.9 Å². The van der Waals surface area contributed by atoms with Gasteiger partial charge >= 0.3 is 0 Å². The lowest BCUT2D eigenvalue weighted by molar-refractivity contribution is 0.0763. The molecule has 0 radical (unpaired) electrons. The third-order valence-corrected chi connectivity index (χ3v) is 3.84. The molecule has 0 aliphatic carbocycles. The van der Waals surface area contributed by atoms with Crippen LogP contribution >= 0.6 is 0 Å². The number of rotatable bonds is 4. The Labute approximate surface area is 125 Å². The van der Waals surface area contributed by atoms with Crippen molar-refractivity contribution in [2.75, 3.05) is 31.1 Å². The van der Waals surface area contributed by atoms with E-state index in [1.165, 1.54) is 0 Å². The van der Waals surface area contributed by atoms with Crippen molar-refractivity contribution in [3.63, 3.8) is 0 Å². The number of anilines is 1. The number of halogens is 1. The molecule has 0 saturated carbocycles. The van der Waals surface area contributed by atoms with Gasteiger partial charge in [-0.25, -0.2) is 4.39 Å². The summed E-state index contributed by atoms with van der Waals surface area (Å²) in [6.45, 7) is 8.40. The lowest BCUT2D eigenvalue weighted by Crippen LogP contribution is -2.42. The van der Waals surface area contributed by atoms with Crippen LogP contribution in [-0.2, 0) is 4.74 Å². The van der Waals surface area contributed by atoms with Gasteiger partial charge in [0.1, 0.15) is 5.82 Å². The number of benzene rings is 1. The predicted molar refractivity (Wildman–Crippen MR) is 80.8 cm³/mol. The molecule has 2 atom stereocenters. The maximum atomic E-state index is 13.9. The first kappa shape index (κ1) is 15.7. The number of ether oxygens (including phenoxy) is 1. The Morgan fingerprint density at radius 1 is 1.57 bits per heavy atom. The molecule has 1 N–H and O–H groups in total. The van der Waals surface area contributed by atoms with Crippen LogP contribution in [0.5, 0.6) is 0 Å². The van der Waals surface area contributed by atoms with E-state index in [2.05, 4.69) is 16.3 Å². The summed E-state index contributed by atoms with van der Waals surface area (Å²) in [7, 11) is 0. The van der Waals surface area contributed by atoms with Gasteiger partial charge in [0.25, 0.3) is 0 Å². The topological polar surface area (TPSA) is 48.3 Å². The first-order valence-electron chi connectivity index (χ1n) is 7.36. The minimum atomic E-state index is -0.425. The monoisotopic (exact) mass is 291 g/mol. The van der Waals surface area contributed by atoms with Crippen LogP contribution in [0.1, 0.15) is 31.0 Å². The standard InChI is InChI=1S/C16H22FN3O/c1-4-19-12(3)14-8-15(17)11(2)7-16(14)20-5-6-21-13(9-18)10-20/h7-8,12-13,19H,4-6,10H2,1-3H3. The summed E-state index contributed by atoms with van der Waals surface area (Å²) >= 11 is 0. The maximum Gasteiger partial charge on any atom is 0.161 e. The van der Waals surface area contributed by atoms with Crippen molar-refractivity contribution in [1.29, 1.82) is 5.26 Å². The van der Waals surface area contributed by atoms with E-state index < -0.39 is 6.10 Å². The van der Waals surface area contributed by atoms with Gasteiger partial charge in [0.2, 0.25) is 0 Å². The molecule has 0 amide bonds. The average molecular weight is 291 g/mol. The van der Waals surface area contributed by atoms with E-state index in [-0.39, 0.29) is 11.9 Å². The number of hydrogen-bond acceptors (Lipinski definition) is 4. The molecule has 1 fully saturated rings. The molecule has 4 nitrogen and oxygen atoms in total. The fraction of sp³-hybridized carbons (Fsp3) is 0.562. The summed E-state index contributed by atoms with van der Waals surface area (Å²) in [6.07, 6.45) is -0.425. The van der Waals surface area contributed by atoms with Crippen LogP contribution in [0.2, 0.25) is 0 Å². The van der Waals surface area contributed by atoms with E-state index in [1.807, 2.05) is 19.9 Å². The molecule has 1 heterocycles. The first-order chi connectivity index (χ1) is 10.1. The zero-order valence-electron chi connectivity index (χ0n) is 12.8. The molecular formula is C16H22FN3O. The summed E-state index contributed by atoms with van der Waals surface area (Å²) < 4.78 is 19.3. The summed E-state index contributed by atoms with van der Waals surface area (Å²) in [5.41, 5.74) is 2.54. The molecule has 1 aliphatic heterocycles. The van der Waals surface area contributed by atoms with Crippen LogP contribution in [0, 0.1) is 24.1 Å². The highest BCUT2D eigenvalue weighted by atomic mass is 19.1. The molecule has 2 rings (SSSR count). The molecule has 1 aliphatic rings. The number of hydrogen-bond donors (Lipinski definition) is 1.